The number of rotatable bonds is 6. The largest absolute Gasteiger partial charge is 0.469 e. The fourth-order valence-corrected chi connectivity index (χ4v) is 0.960. The third-order valence-corrected chi connectivity index (χ3v) is 1.80. The molecule has 0 spiro atoms. The first-order valence-electron chi connectivity index (χ1n) is 4.85. The van der Waals surface area contributed by atoms with Gasteiger partial charge in [0.25, 0.3) is 0 Å². The Bertz CT molecular complexity index is 264. The van der Waals surface area contributed by atoms with Crippen LogP contribution in [0.2, 0.25) is 0 Å². The Morgan fingerprint density at radius 1 is 1.31 bits per heavy atom. The smallest absolute Gasteiger partial charge is 0.330 e. The van der Waals surface area contributed by atoms with Crippen molar-refractivity contribution in [3.8, 4) is 0 Å². The van der Waals surface area contributed by atoms with E-state index in [0.717, 1.165) is 0 Å². The molecule has 0 saturated heterocycles. The van der Waals surface area contributed by atoms with Crippen LogP contribution in [-0.2, 0) is 19.1 Å². The maximum absolute atomic E-state index is 11.3. The van der Waals surface area contributed by atoms with Gasteiger partial charge in [-0.25, -0.2) is 4.79 Å². The molecule has 6 heteroatoms. The molecule has 0 aliphatic rings. The van der Waals surface area contributed by atoms with E-state index >= 15 is 0 Å². The van der Waals surface area contributed by atoms with Gasteiger partial charge in [-0.3, -0.25) is 9.79 Å². The summed E-state index contributed by atoms with van der Waals surface area (Å²) < 4.78 is 9.07. The molecular weight excluding hydrogens is 212 g/mol. The topological polar surface area (TPSA) is 68.2 Å². The van der Waals surface area contributed by atoms with Crippen LogP contribution in [0.25, 0.3) is 0 Å². The number of carbonyl (C=O) groups is 2. The monoisotopic (exact) mass is 230 g/mol. The van der Waals surface area contributed by atoms with Crippen LogP contribution in [0.1, 0.15) is 12.8 Å². The molecule has 92 valence electrons. The molecule has 1 atom stereocenters. The second-order valence-corrected chi connectivity index (χ2v) is 3.38. The number of hydrogen-bond donors (Lipinski definition) is 0. The Morgan fingerprint density at radius 3 is 2.38 bits per heavy atom. The van der Waals surface area contributed by atoms with E-state index in [2.05, 4.69) is 14.5 Å². The number of esters is 2. The maximum atomic E-state index is 11.3. The van der Waals surface area contributed by atoms with Crippen molar-refractivity contribution in [3.63, 3.8) is 0 Å². The number of nitrogens with zero attached hydrogens (tertiary/aromatic N) is 2. The fourth-order valence-electron chi connectivity index (χ4n) is 0.960. The van der Waals surface area contributed by atoms with Crippen LogP contribution in [0, 0.1) is 0 Å². The molecule has 0 aliphatic carbocycles. The summed E-state index contributed by atoms with van der Waals surface area (Å²) >= 11 is 0. The summed E-state index contributed by atoms with van der Waals surface area (Å²) in [7, 11) is 6.17. The van der Waals surface area contributed by atoms with Gasteiger partial charge >= 0.3 is 11.9 Å². The zero-order chi connectivity index (χ0) is 12.6. The van der Waals surface area contributed by atoms with E-state index in [1.54, 1.807) is 19.0 Å². The lowest BCUT2D eigenvalue weighted by atomic mass is 10.1. The Labute approximate surface area is 95.2 Å². The van der Waals surface area contributed by atoms with Crippen molar-refractivity contribution in [2.24, 2.45) is 4.99 Å². The third kappa shape index (κ3) is 6.00. The lowest BCUT2D eigenvalue weighted by molar-refractivity contribution is -0.143. The second kappa shape index (κ2) is 7.67. The van der Waals surface area contributed by atoms with Gasteiger partial charge in [0.05, 0.1) is 20.6 Å². The van der Waals surface area contributed by atoms with Gasteiger partial charge in [-0.15, -0.1) is 0 Å². The van der Waals surface area contributed by atoms with Gasteiger partial charge in [0.15, 0.2) is 0 Å². The van der Waals surface area contributed by atoms with Crippen molar-refractivity contribution >= 4 is 18.3 Å². The van der Waals surface area contributed by atoms with Crippen molar-refractivity contribution in [1.29, 1.82) is 0 Å². The summed E-state index contributed by atoms with van der Waals surface area (Å²) in [6.45, 7) is 0. The van der Waals surface area contributed by atoms with Gasteiger partial charge in [0, 0.05) is 20.5 Å². The molecule has 0 heterocycles. The van der Waals surface area contributed by atoms with E-state index in [9.17, 15) is 9.59 Å². The van der Waals surface area contributed by atoms with Gasteiger partial charge in [0.1, 0.15) is 6.04 Å². The van der Waals surface area contributed by atoms with E-state index in [4.69, 9.17) is 0 Å². The Kier molecular flexibility index (Phi) is 6.91. The molecule has 0 aromatic rings. The second-order valence-electron chi connectivity index (χ2n) is 3.38. The standard InChI is InChI=1S/C10H18N2O4/c1-12(2)7-11-8(10(14)16-4)5-6-9(13)15-3/h7-8H,5-6H2,1-4H3/t8-/m0/s1. The molecule has 0 unspecified atom stereocenters. The number of aliphatic imine (C=N–C) groups is 1. The molecule has 0 amide bonds. The molecule has 0 saturated carbocycles. The zero-order valence-corrected chi connectivity index (χ0v) is 10.1. The van der Waals surface area contributed by atoms with Crippen LogP contribution in [0.5, 0.6) is 0 Å². The molecule has 0 fully saturated rings. The van der Waals surface area contributed by atoms with Crippen LogP contribution in [0.3, 0.4) is 0 Å². The predicted octanol–water partition coefficient (Wildman–Crippen LogP) is 0.0711. The third-order valence-electron chi connectivity index (χ3n) is 1.80. The molecular formula is C10H18N2O4. The fraction of sp³-hybridized carbons (Fsp3) is 0.700. The molecule has 0 bridgehead atoms. The van der Waals surface area contributed by atoms with Gasteiger partial charge < -0.3 is 14.4 Å². The Balaban J connectivity index is 4.32. The molecule has 0 N–H and O–H groups in total. The van der Waals surface area contributed by atoms with E-state index in [1.807, 2.05) is 0 Å². The first kappa shape index (κ1) is 14.4. The highest BCUT2D eigenvalue weighted by molar-refractivity contribution is 5.78. The van der Waals surface area contributed by atoms with Crippen LogP contribution in [0.15, 0.2) is 4.99 Å². The highest BCUT2D eigenvalue weighted by Gasteiger charge is 2.18. The molecule has 16 heavy (non-hydrogen) atoms. The molecule has 0 aromatic heterocycles. The average Bonchev–Trinajstić information content (AvgIpc) is 2.27. The summed E-state index contributed by atoms with van der Waals surface area (Å²) in [6, 6.07) is -0.661. The molecule has 0 aromatic carbocycles. The highest BCUT2D eigenvalue weighted by Crippen LogP contribution is 2.05. The van der Waals surface area contributed by atoms with Crippen molar-refractivity contribution in [2.45, 2.75) is 18.9 Å². The van der Waals surface area contributed by atoms with Crippen molar-refractivity contribution in [3.05, 3.63) is 0 Å². The summed E-state index contributed by atoms with van der Waals surface area (Å²) in [5, 5.41) is 0. The van der Waals surface area contributed by atoms with E-state index in [-0.39, 0.29) is 18.8 Å². The van der Waals surface area contributed by atoms with Gasteiger partial charge in [-0.1, -0.05) is 0 Å². The number of carbonyl (C=O) groups excluding carboxylic acids is 2. The number of ether oxygens (including phenoxy) is 2. The minimum Gasteiger partial charge on any atom is -0.469 e. The quantitative estimate of drug-likeness (QED) is 0.367. The predicted molar refractivity (Wildman–Crippen MR) is 59.2 cm³/mol. The lowest BCUT2D eigenvalue weighted by Crippen LogP contribution is -2.23. The molecule has 0 rings (SSSR count). The maximum Gasteiger partial charge on any atom is 0.330 e. The van der Waals surface area contributed by atoms with Crippen molar-refractivity contribution < 1.29 is 19.1 Å². The Morgan fingerprint density at radius 2 is 1.94 bits per heavy atom. The van der Waals surface area contributed by atoms with Crippen LogP contribution >= 0.6 is 0 Å². The van der Waals surface area contributed by atoms with Crippen LogP contribution < -0.4 is 0 Å². The first-order valence-corrected chi connectivity index (χ1v) is 4.85. The number of methoxy groups -OCH3 is 2. The normalized spacial score (nSPS) is 12.2. The van der Waals surface area contributed by atoms with Crippen LogP contribution in [-0.4, -0.2) is 57.5 Å². The molecule has 0 aliphatic heterocycles. The number of hydrogen-bond acceptors (Lipinski definition) is 5. The average molecular weight is 230 g/mol. The highest BCUT2D eigenvalue weighted by atomic mass is 16.5. The van der Waals surface area contributed by atoms with Crippen molar-refractivity contribution in [2.75, 3.05) is 28.3 Å². The molecule has 6 nitrogen and oxygen atoms in total. The van der Waals surface area contributed by atoms with Gasteiger partial charge in [-0.2, -0.15) is 0 Å². The van der Waals surface area contributed by atoms with E-state index in [1.165, 1.54) is 20.6 Å². The van der Waals surface area contributed by atoms with E-state index in [0.29, 0.717) is 0 Å². The zero-order valence-electron chi connectivity index (χ0n) is 10.1. The Hall–Kier alpha value is -1.59. The minimum atomic E-state index is -0.661. The first-order chi connectivity index (χ1) is 7.51. The summed E-state index contributed by atoms with van der Waals surface area (Å²) in [5.41, 5.74) is 0. The summed E-state index contributed by atoms with van der Waals surface area (Å²) in [5.74, 6) is -0.823. The minimum absolute atomic E-state index is 0.140. The lowest BCUT2D eigenvalue weighted by Gasteiger charge is -2.10. The van der Waals surface area contributed by atoms with Gasteiger partial charge in [-0.05, 0) is 6.42 Å². The SMILES string of the molecule is COC(=O)CC[C@H](N=CN(C)C)C(=O)OC. The summed E-state index contributed by atoms with van der Waals surface area (Å²) in [4.78, 5) is 28.0. The van der Waals surface area contributed by atoms with Crippen molar-refractivity contribution in [1.82, 2.24) is 4.90 Å². The summed E-state index contributed by atoms with van der Waals surface area (Å²) in [6.07, 6.45) is 1.93. The van der Waals surface area contributed by atoms with Crippen LogP contribution in [0.4, 0.5) is 0 Å². The van der Waals surface area contributed by atoms with Gasteiger partial charge in [0.2, 0.25) is 0 Å². The molecule has 0 radical (unpaired) electrons. The van der Waals surface area contributed by atoms with E-state index < -0.39 is 12.0 Å².